The Morgan fingerprint density at radius 2 is 1.61 bits per heavy atom. The predicted octanol–water partition coefficient (Wildman–Crippen LogP) is 5.26. The number of aliphatic imine (C=N–C) groups is 1. The van der Waals surface area contributed by atoms with Crippen LogP contribution in [0.2, 0.25) is 5.02 Å². The fourth-order valence-corrected chi connectivity index (χ4v) is 6.03. The maximum atomic E-state index is 14.0. The first-order valence-corrected chi connectivity index (χ1v) is 17.7. The number of hydrogen-bond acceptors (Lipinski definition) is 10. The van der Waals surface area contributed by atoms with Crippen molar-refractivity contribution >= 4 is 34.3 Å². The third-order valence-electron chi connectivity index (χ3n) is 8.54. The molecule has 2 aromatic carbocycles. The van der Waals surface area contributed by atoms with Crippen LogP contribution in [0.4, 0.5) is 15.8 Å². The number of nitrogens with zero attached hydrogens (tertiary/aromatic N) is 3. The van der Waals surface area contributed by atoms with Crippen LogP contribution in [0.5, 0.6) is 5.75 Å². The summed E-state index contributed by atoms with van der Waals surface area (Å²) in [6.07, 6.45) is 7.36. The number of fused-ring (bicyclic) bond motifs is 1. The number of aryl methyl sites for hydroxylation is 1. The van der Waals surface area contributed by atoms with Crippen LogP contribution in [-0.2, 0) is 18.9 Å². The second-order valence-corrected chi connectivity index (χ2v) is 12.7. The smallest absolute Gasteiger partial charge is 0.135 e. The van der Waals surface area contributed by atoms with Gasteiger partial charge < -0.3 is 45.6 Å². The monoisotopic (exact) mass is 726 g/mol. The topological polar surface area (TPSA) is 160 Å². The number of nitrogens with one attached hydrogen (secondary N) is 1. The molecule has 0 radical (unpaired) electrons. The van der Waals surface area contributed by atoms with E-state index in [2.05, 4.69) is 21.5 Å². The highest BCUT2D eigenvalue weighted by Crippen LogP contribution is 2.34. The largest absolute Gasteiger partial charge is 0.491 e. The molecular weight excluding hydrogens is 679 g/mol. The van der Waals surface area contributed by atoms with Gasteiger partial charge in [0.1, 0.15) is 24.0 Å². The minimum atomic E-state index is -0.453. The van der Waals surface area contributed by atoms with Gasteiger partial charge in [-0.25, -0.2) is 13.9 Å². The van der Waals surface area contributed by atoms with Crippen molar-refractivity contribution in [2.45, 2.75) is 44.7 Å². The van der Waals surface area contributed by atoms with Crippen LogP contribution in [0, 0.1) is 12.7 Å². The number of aliphatic hydroxyl groups is 1. The minimum Gasteiger partial charge on any atom is -0.491 e. The maximum Gasteiger partial charge on any atom is 0.135 e. The summed E-state index contributed by atoms with van der Waals surface area (Å²) in [5.41, 5.74) is 18.3. The van der Waals surface area contributed by atoms with Gasteiger partial charge in [0, 0.05) is 29.9 Å². The zero-order valence-electron chi connectivity index (χ0n) is 29.0. The highest BCUT2D eigenvalue weighted by molar-refractivity contribution is 6.33. The summed E-state index contributed by atoms with van der Waals surface area (Å²) in [5, 5.41) is 17.3. The molecule has 0 amide bonds. The molecule has 0 unspecified atom stereocenters. The van der Waals surface area contributed by atoms with Gasteiger partial charge in [0.25, 0.3) is 0 Å². The normalized spacial score (nSPS) is 16.5. The van der Waals surface area contributed by atoms with Crippen LogP contribution in [0.15, 0.2) is 59.9 Å². The lowest BCUT2D eigenvalue weighted by Gasteiger charge is -2.28. The van der Waals surface area contributed by atoms with E-state index >= 15 is 0 Å². The van der Waals surface area contributed by atoms with Gasteiger partial charge in [-0.3, -0.25) is 0 Å². The molecule has 276 valence electrons. The Balaban J connectivity index is 1.21. The van der Waals surface area contributed by atoms with Crippen molar-refractivity contribution < 1.29 is 33.2 Å². The number of amidine groups is 1. The molecule has 0 spiro atoms. The molecular formula is C37H48ClFN6O6. The maximum absolute atomic E-state index is 14.0. The minimum absolute atomic E-state index is 0.0102. The van der Waals surface area contributed by atoms with Crippen LogP contribution in [0.1, 0.15) is 36.8 Å². The molecule has 14 heteroatoms. The highest BCUT2D eigenvalue weighted by atomic mass is 35.5. The zero-order chi connectivity index (χ0) is 36.0. The van der Waals surface area contributed by atoms with Gasteiger partial charge in [-0.2, -0.15) is 5.10 Å². The molecule has 12 nitrogen and oxygen atoms in total. The molecule has 1 aliphatic carbocycles. The number of halogens is 2. The second-order valence-electron chi connectivity index (χ2n) is 12.3. The Labute approximate surface area is 302 Å². The van der Waals surface area contributed by atoms with Crippen LogP contribution < -0.4 is 21.5 Å². The van der Waals surface area contributed by atoms with Gasteiger partial charge in [-0.1, -0.05) is 17.7 Å². The first-order chi connectivity index (χ1) is 24.8. The van der Waals surface area contributed by atoms with Gasteiger partial charge in [0.05, 0.1) is 93.1 Å². The molecule has 2 aromatic heterocycles. The molecule has 4 aromatic rings. The van der Waals surface area contributed by atoms with Crippen molar-refractivity contribution in [3.63, 3.8) is 0 Å². The van der Waals surface area contributed by atoms with Crippen molar-refractivity contribution in [2.24, 2.45) is 16.5 Å². The van der Waals surface area contributed by atoms with Crippen LogP contribution in [0.3, 0.4) is 0 Å². The Hall–Kier alpha value is -3.82. The Morgan fingerprint density at radius 3 is 2.27 bits per heavy atom. The van der Waals surface area contributed by atoms with Gasteiger partial charge >= 0.3 is 0 Å². The van der Waals surface area contributed by atoms with Crippen molar-refractivity contribution in [1.29, 1.82) is 0 Å². The third-order valence-corrected chi connectivity index (χ3v) is 8.86. The molecule has 0 atom stereocenters. The van der Waals surface area contributed by atoms with E-state index in [4.69, 9.17) is 51.9 Å². The molecule has 0 saturated heterocycles. The average molecular weight is 727 g/mol. The summed E-state index contributed by atoms with van der Waals surface area (Å²) in [7, 11) is 0. The van der Waals surface area contributed by atoms with Crippen molar-refractivity contribution in [1.82, 2.24) is 9.61 Å². The number of benzene rings is 2. The van der Waals surface area contributed by atoms with Crippen molar-refractivity contribution in [2.75, 3.05) is 71.4 Å². The number of rotatable bonds is 20. The number of aliphatic hydroxyl groups excluding tert-OH is 1. The molecule has 51 heavy (non-hydrogen) atoms. The summed E-state index contributed by atoms with van der Waals surface area (Å²) in [6, 6.07) is 12.5. The molecule has 2 heterocycles. The summed E-state index contributed by atoms with van der Waals surface area (Å²) >= 11 is 6.31. The molecule has 0 aliphatic heterocycles. The predicted molar refractivity (Wildman–Crippen MR) is 197 cm³/mol. The molecule has 0 bridgehead atoms. The number of nitrogens with two attached hydrogens (primary N) is 2. The Kier molecular flexibility index (Phi) is 14.8. The van der Waals surface area contributed by atoms with E-state index in [1.54, 1.807) is 6.20 Å². The first-order valence-electron chi connectivity index (χ1n) is 17.3. The second kappa shape index (κ2) is 19.7. The van der Waals surface area contributed by atoms with Gasteiger partial charge in [-0.05, 0) is 74.1 Å². The molecule has 1 saturated carbocycles. The third kappa shape index (κ3) is 11.3. The van der Waals surface area contributed by atoms with Crippen LogP contribution >= 0.6 is 11.6 Å². The number of hydrogen-bond donors (Lipinski definition) is 4. The fraction of sp³-hybridized carbons (Fsp3) is 0.459. The Bertz CT molecular complexity index is 1730. The first kappa shape index (κ1) is 38.4. The van der Waals surface area contributed by atoms with Crippen LogP contribution in [0.25, 0.3) is 16.6 Å². The van der Waals surface area contributed by atoms with E-state index in [-0.39, 0.29) is 30.2 Å². The summed E-state index contributed by atoms with van der Waals surface area (Å²) in [6.45, 7) is 6.00. The lowest BCUT2D eigenvalue weighted by Crippen LogP contribution is -2.33. The van der Waals surface area contributed by atoms with Crippen molar-refractivity contribution in [3.8, 4) is 16.9 Å². The van der Waals surface area contributed by atoms with E-state index in [1.165, 1.54) is 18.2 Å². The molecule has 6 N–H and O–H groups in total. The zero-order valence-corrected chi connectivity index (χ0v) is 29.7. The standard InChI is InChI=1S/C37H48ClFN6O6/c1-25-20-30(51-19-18-50-17-16-49-15-14-48-13-12-47-11-10-46)7-8-31(25)26-21-35-36(43-29-5-3-28(40)4-6-29)32(23-42-45(35)24-26)37(41)44-34-22-27(39)2-9-33(34)38/h2,7-9,20-24,28-29,43,46H,3-6,10-19,40H2,1H3,(H2,41,44)/t28-,29-. The summed E-state index contributed by atoms with van der Waals surface area (Å²) in [4.78, 5) is 4.49. The average Bonchev–Trinajstić information content (AvgIpc) is 3.55. The van der Waals surface area contributed by atoms with E-state index in [1.807, 2.05) is 35.8 Å². The van der Waals surface area contributed by atoms with E-state index in [0.29, 0.717) is 70.0 Å². The number of ether oxygens (including phenoxy) is 5. The number of aromatic nitrogens is 2. The lowest BCUT2D eigenvalue weighted by molar-refractivity contribution is -0.00779. The number of anilines is 1. The molecule has 5 rings (SSSR count). The lowest BCUT2D eigenvalue weighted by atomic mass is 9.91. The van der Waals surface area contributed by atoms with Crippen LogP contribution in [-0.4, -0.2) is 98.7 Å². The van der Waals surface area contributed by atoms with Gasteiger partial charge in [0.2, 0.25) is 0 Å². The molecule has 1 aliphatic rings. The summed E-state index contributed by atoms with van der Waals surface area (Å²) in [5.74, 6) is 0.469. The van der Waals surface area contributed by atoms with E-state index in [9.17, 15) is 4.39 Å². The highest BCUT2D eigenvalue weighted by Gasteiger charge is 2.23. The fourth-order valence-electron chi connectivity index (χ4n) is 5.87. The summed E-state index contributed by atoms with van der Waals surface area (Å²) < 4.78 is 43.4. The van der Waals surface area contributed by atoms with E-state index < -0.39 is 5.82 Å². The molecule has 1 fully saturated rings. The van der Waals surface area contributed by atoms with E-state index in [0.717, 1.165) is 59.3 Å². The van der Waals surface area contributed by atoms with Gasteiger partial charge in [-0.15, -0.1) is 0 Å². The Morgan fingerprint density at radius 1 is 0.941 bits per heavy atom. The van der Waals surface area contributed by atoms with Gasteiger partial charge in [0.15, 0.2) is 0 Å². The van der Waals surface area contributed by atoms with Crippen molar-refractivity contribution in [3.05, 3.63) is 76.8 Å². The SMILES string of the molecule is Cc1cc(OCCOCCOCCOCCOCCO)ccc1-c1cc2c(N[C@H]3CC[C@H](N)CC3)c(/C(N)=N/c3cc(F)ccc3Cl)cnn2c1. The quantitative estimate of drug-likeness (QED) is 0.0538.